The Morgan fingerprint density at radius 2 is 1.65 bits per heavy atom. The van der Waals surface area contributed by atoms with E-state index in [4.69, 9.17) is 9.47 Å². The highest BCUT2D eigenvalue weighted by Crippen LogP contribution is 2.42. The maximum absolute atomic E-state index is 11.3. The Kier molecular flexibility index (Phi) is 5.75. The average Bonchev–Trinajstić information content (AvgIpc) is 3.36. The molecule has 1 heterocycles. The summed E-state index contributed by atoms with van der Waals surface area (Å²) in [7, 11) is 0. The van der Waals surface area contributed by atoms with Crippen LogP contribution in [-0.2, 0) is 16.0 Å². The molecule has 158 valence electrons. The number of benzene rings is 3. The molecule has 1 aliphatic carbocycles. The van der Waals surface area contributed by atoms with Crippen LogP contribution in [0.3, 0.4) is 0 Å². The van der Waals surface area contributed by atoms with Crippen LogP contribution in [0.15, 0.2) is 72.8 Å². The first-order valence-corrected chi connectivity index (χ1v) is 11.3. The van der Waals surface area contributed by atoms with Crippen LogP contribution in [0.25, 0.3) is 11.1 Å². The van der Waals surface area contributed by atoms with Gasteiger partial charge in [0.15, 0.2) is 0 Å². The highest BCUT2D eigenvalue weighted by Gasteiger charge is 2.33. The Morgan fingerprint density at radius 3 is 2.39 bits per heavy atom. The number of hydrogen-bond donors (Lipinski definition) is 0. The van der Waals surface area contributed by atoms with Gasteiger partial charge in [0.2, 0.25) is 0 Å². The Morgan fingerprint density at radius 1 is 0.903 bits per heavy atom. The molecule has 3 aromatic carbocycles. The fraction of sp³-hybridized carbons (Fsp3) is 0.321. The molecule has 0 radical (unpaired) electrons. The number of carbonyl (C=O) groups excluding carboxylic acids is 1. The van der Waals surface area contributed by atoms with E-state index in [1.807, 2.05) is 6.07 Å². The molecule has 2 unspecified atom stereocenters. The molecule has 1 saturated carbocycles. The summed E-state index contributed by atoms with van der Waals surface area (Å²) in [6.07, 6.45) is 5.67. The summed E-state index contributed by atoms with van der Waals surface area (Å²) in [6.45, 7) is 1.14. The summed E-state index contributed by atoms with van der Waals surface area (Å²) in [5.41, 5.74) is 5.99. The minimum atomic E-state index is -0.271. The predicted octanol–water partition coefficient (Wildman–Crippen LogP) is 6.48. The Labute approximate surface area is 184 Å². The van der Waals surface area contributed by atoms with Crippen molar-refractivity contribution in [2.75, 3.05) is 6.61 Å². The number of ether oxygens (including phenoxy) is 2. The number of hydrogen-bond acceptors (Lipinski definition) is 3. The predicted molar refractivity (Wildman–Crippen MR) is 122 cm³/mol. The standard InChI is InChI=1S/C28H28O3/c29-19-31-28-25(16-20-10-12-23(13-11-20)21-6-2-1-3-7-21)18-30-27-17-24(14-15-26(27)28)22-8-4-5-9-22/h1-3,6-7,10-15,17,19,22,25,28H,4-5,8-9,16,18H2. The fourth-order valence-electron chi connectivity index (χ4n) is 5.14. The second kappa shape index (κ2) is 8.97. The molecule has 1 fully saturated rings. The van der Waals surface area contributed by atoms with E-state index < -0.39 is 0 Å². The maximum Gasteiger partial charge on any atom is 0.293 e. The number of fused-ring (bicyclic) bond motifs is 1. The highest BCUT2D eigenvalue weighted by atomic mass is 16.5. The van der Waals surface area contributed by atoms with Gasteiger partial charge >= 0.3 is 0 Å². The van der Waals surface area contributed by atoms with Gasteiger partial charge in [-0.1, -0.05) is 79.6 Å². The van der Waals surface area contributed by atoms with Crippen molar-refractivity contribution in [1.82, 2.24) is 0 Å². The molecule has 5 rings (SSSR count). The molecule has 0 N–H and O–H groups in total. The van der Waals surface area contributed by atoms with Gasteiger partial charge in [-0.05, 0) is 53.5 Å². The van der Waals surface area contributed by atoms with E-state index in [2.05, 4.69) is 66.7 Å². The third kappa shape index (κ3) is 4.23. The molecule has 2 aliphatic rings. The summed E-state index contributed by atoms with van der Waals surface area (Å²) in [5.74, 6) is 1.62. The van der Waals surface area contributed by atoms with E-state index in [1.54, 1.807) is 0 Å². The molecule has 2 atom stereocenters. The van der Waals surface area contributed by atoms with Crippen LogP contribution < -0.4 is 4.74 Å². The van der Waals surface area contributed by atoms with E-state index in [1.165, 1.54) is 47.9 Å². The zero-order valence-corrected chi connectivity index (χ0v) is 17.7. The summed E-state index contributed by atoms with van der Waals surface area (Å²) in [4.78, 5) is 11.3. The van der Waals surface area contributed by atoms with Crippen LogP contribution in [0.5, 0.6) is 5.75 Å². The van der Waals surface area contributed by atoms with Gasteiger partial charge in [-0.25, -0.2) is 0 Å². The average molecular weight is 413 g/mol. The SMILES string of the molecule is O=COC1c2ccc(C3CCCC3)cc2OCC1Cc1ccc(-c2ccccc2)cc1. The molecule has 0 saturated heterocycles. The van der Waals surface area contributed by atoms with Crippen molar-refractivity contribution < 1.29 is 14.3 Å². The lowest BCUT2D eigenvalue weighted by Gasteiger charge is -2.33. The van der Waals surface area contributed by atoms with Crippen molar-refractivity contribution in [3.8, 4) is 16.9 Å². The van der Waals surface area contributed by atoms with Gasteiger partial charge in [-0.15, -0.1) is 0 Å². The number of carbonyl (C=O) groups is 1. The van der Waals surface area contributed by atoms with E-state index in [0.717, 1.165) is 17.7 Å². The smallest absolute Gasteiger partial charge is 0.293 e. The molecule has 3 nitrogen and oxygen atoms in total. The summed E-state index contributed by atoms with van der Waals surface area (Å²) in [6, 6.07) is 25.5. The largest absolute Gasteiger partial charge is 0.493 e. The second-order valence-electron chi connectivity index (χ2n) is 8.77. The van der Waals surface area contributed by atoms with Gasteiger partial charge in [0.1, 0.15) is 11.9 Å². The van der Waals surface area contributed by atoms with Crippen LogP contribution in [0.1, 0.15) is 54.4 Å². The Balaban J connectivity index is 1.34. The van der Waals surface area contributed by atoms with E-state index in [9.17, 15) is 4.79 Å². The molecule has 3 aromatic rings. The zero-order valence-electron chi connectivity index (χ0n) is 17.7. The minimum Gasteiger partial charge on any atom is -0.493 e. The first kappa shape index (κ1) is 19.9. The van der Waals surface area contributed by atoms with Gasteiger partial charge in [-0.2, -0.15) is 0 Å². The molecule has 3 heteroatoms. The molecule has 0 spiro atoms. The van der Waals surface area contributed by atoms with Crippen molar-refractivity contribution in [3.63, 3.8) is 0 Å². The van der Waals surface area contributed by atoms with Crippen LogP contribution in [0.4, 0.5) is 0 Å². The molecule has 0 amide bonds. The van der Waals surface area contributed by atoms with Gasteiger partial charge < -0.3 is 9.47 Å². The minimum absolute atomic E-state index is 0.0950. The molecular formula is C28H28O3. The fourth-order valence-corrected chi connectivity index (χ4v) is 5.14. The van der Waals surface area contributed by atoms with Gasteiger partial charge in [-0.3, -0.25) is 4.79 Å². The molecule has 0 aromatic heterocycles. The summed E-state index contributed by atoms with van der Waals surface area (Å²) in [5, 5.41) is 0. The second-order valence-corrected chi connectivity index (χ2v) is 8.77. The lowest BCUT2D eigenvalue weighted by atomic mass is 9.86. The first-order valence-electron chi connectivity index (χ1n) is 11.3. The topological polar surface area (TPSA) is 35.5 Å². The molecule has 31 heavy (non-hydrogen) atoms. The molecule has 0 bridgehead atoms. The van der Waals surface area contributed by atoms with E-state index in [-0.39, 0.29) is 12.0 Å². The van der Waals surface area contributed by atoms with Crippen LogP contribution in [-0.4, -0.2) is 13.1 Å². The van der Waals surface area contributed by atoms with Gasteiger partial charge in [0.25, 0.3) is 6.47 Å². The van der Waals surface area contributed by atoms with E-state index >= 15 is 0 Å². The monoisotopic (exact) mass is 412 g/mol. The van der Waals surface area contributed by atoms with Gasteiger partial charge in [0, 0.05) is 11.5 Å². The lowest BCUT2D eigenvalue weighted by molar-refractivity contribution is -0.138. The first-order chi connectivity index (χ1) is 15.3. The van der Waals surface area contributed by atoms with Crippen molar-refractivity contribution in [1.29, 1.82) is 0 Å². The quantitative estimate of drug-likeness (QED) is 0.435. The maximum atomic E-state index is 11.3. The van der Waals surface area contributed by atoms with Gasteiger partial charge in [0.05, 0.1) is 6.61 Å². The van der Waals surface area contributed by atoms with Crippen molar-refractivity contribution in [2.24, 2.45) is 5.92 Å². The molecular weight excluding hydrogens is 384 g/mol. The highest BCUT2D eigenvalue weighted by molar-refractivity contribution is 5.63. The lowest BCUT2D eigenvalue weighted by Crippen LogP contribution is -2.29. The van der Waals surface area contributed by atoms with Crippen LogP contribution in [0, 0.1) is 5.92 Å². The van der Waals surface area contributed by atoms with Crippen LogP contribution >= 0.6 is 0 Å². The normalized spacial score (nSPS) is 20.6. The Hall–Kier alpha value is -3.07. The van der Waals surface area contributed by atoms with Crippen molar-refractivity contribution >= 4 is 6.47 Å². The summed E-state index contributed by atoms with van der Waals surface area (Å²) < 4.78 is 11.8. The summed E-state index contributed by atoms with van der Waals surface area (Å²) >= 11 is 0. The third-order valence-corrected chi connectivity index (χ3v) is 6.81. The molecule has 1 aliphatic heterocycles. The Bertz CT molecular complexity index is 1020. The van der Waals surface area contributed by atoms with E-state index in [0.29, 0.717) is 19.0 Å². The van der Waals surface area contributed by atoms with Crippen molar-refractivity contribution in [2.45, 2.75) is 44.1 Å². The van der Waals surface area contributed by atoms with Crippen molar-refractivity contribution in [3.05, 3.63) is 89.5 Å². The van der Waals surface area contributed by atoms with Crippen LogP contribution in [0.2, 0.25) is 0 Å². The zero-order chi connectivity index (χ0) is 21.0. The third-order valence-electron chi connectivity index (χ3n) is 6.81. The number of rotatable bonds is 6.